The molecule has 0 radical (unpaired) electrons. The zero-order chi connectivity index (χ0) is 19.7. The van der Waals surface area contributed by atoms with Crippen molar-refractivity contribution in [2.24, 2.45) is 4.99 Å². The van der Waals surface area contributed by atoms with Crippen LogP contribution in [-0.2, 0) is 28.6 Å². The van der Waals surface area contributed by atoms with Crippen LogP contribution in [-0.4, -0.2) is 33.7 Å². The summed E-state index contributed by atoms with van der Waals surface area (Å²) in [5, 5.41) is 7.31. The Bertz CT molecular complexity index is 871. The predicted molar refractivity (Wildman–Crippen MR) is 128 cm³/mol. The summed E-state index contributed by atoms with van der Waals surface area (Å²) in [7, 11) is -3.02. The molecule has 2 rings (SSSR count). The van der Waals surface area contributed by atoms with Crippen molar-refractivity contribution in [2.45, 2.75) is 25.6 Å². The first-order chi connectivity index (χ1) is 12.9. The van der Waals surface area contributed by atoms with Crippen LogP contribution in [0.2, 0.25) is 5.02 Å². The van der Waals surface area contributed by atoms with Crippen LogP contribution in [0.1, 0.15) is 23.6 Å². The Morgan fingerprint density at radius 3 is 2.29 bits per heavy atom. The number of aliphatic imine (C=N–C) groups is 1. The van der Waals surface area contributed by atoms with Crippen LogP contribution in [0.5, 0.6) is 0 Å². The zero-order valence-corrected chi connectivity index (χ0v) is 20.0. The summed E-state index contributed by atoms with van der Waals surface area (Å²) < 4.78 is 22.7. The highest BCUT2D eigenvalue weighted by atomic mass is 127. The Hall–Kier alpha value is -1.32. The van der Waals surface area contributed by atoms with E-state index in [0.717, 1.165) is 47.2 Å². The van der Waals surface area contributed by atoms with Crippen LogP contribution < -0.4 is 10.6 Å². The average molecular weight is 536 g/mol. The summed E-state index contributed by atoms with van der Waals surface area (Å²) in [5.41, 5.74) is 2.91. The third kappa shape index (κ3) is 9.25. The van der Waals surface area contributed by atoms with Crippen molar-refractivity contribution in [3.63, 3.8) is 0 Å². The van der Waals surface area contributed by atoms with Gasteiger partial charge in [-0.25, -0.2) is 13.4 Å². The van der Waals surface area contributed by atoms with Gasteiger partial charge < -0.3 is 10.6 Å². The highest BCUT2D eigenvalue weighted by molar-refractivity contribution is 14.0. The molecule has 0 aliphatic rings. The molecule has 8 heteroatoms. The van der Waals surface area contributed by atoms with E-state index in [2.05, 4.69) is 15.6 Å². The maximum absolute atomic E-state index is 11.3. The first-order valence-electron chi connectivity index (χ1n) is 8.88. The van der Waals surface area contributed by atoms with Crippen LogP contribution in [0.3, 0.4) is 0 Å². The van der Waals surface area contributed by atoms with Crippen molar-refractivity contribution in [3.05, 3.63) is 70.2 Å². The molecule has 0 bridgehead atoms. The molecule has 2 N–H and O–H groups in total. The number of hydrogen-bond donors (Lipinski definition) is 2. The molecule has 2 aromatic carbocycles. The molecule has 28 heavy (non-hydrogen) atoms. The van der Waals surface area contributed by atoms with E-state index >= 15 is 0 Å². The van der Waals surface area contributed by atoms with Gasteiger partial charge in [-0.05, 0) is 36.1 Å². The molecule has 0 spiro atoms. The van der Waals surface area contributed by atoms with E-state index in [0.29, 0.717) is 6.54 Å². The summed E-state index contributed by atoms with van der Waals surface area (Å²) in [6, 6.07) is 15.3. The monoisotopic (exact) mass is 535 g/mol. The van der Waals surface area contributed by atoms with E-state index in [-0.39, 0.29) is 29.7 Å². The Balaban J connectivity index is 0.00000392. The minimum absolute atomic E-state index is 0. The van der Waals surface area contributed by atoms with Crippen LogP contribution in [0, 0.1) is 0 Å². The van der Waals surface area contributed by atoms with E-state index in [1.807, 2.05) is 55.5 Å². The van der Waals surface area contributed by atoms with Gasteiger partial charge in [0.1, 0.15) is 0 Å². The van der Waals surface area contributed by atoms with Gasteiger partial charge >= 0.3 is 0 Å². The van der Waals surface area contributed by atoms with Crippen molar-refractivity contribution in [1.29, 1.82) is 0 Å². The molecule has 0 saturated carbocycles. The lowest BCUT2D eigenvalue weighted by molar-refractivity contribution is 0.601. The van der Waals surface area contributed by atoms with E-state index in [1.54, 1.807) is 0 Å². The molecule has 2 aromatic rings. The minimum Gasteiger partial charge on any atom is -0.357 e. The molecular formula is C20H27ClIN3O2S. The van der Waals surface area contributed by atoms with Crippen LogP contribution >= 0.6 is 35.6 Å². The Morgan fingerprint density at radius 1 is 1.04 bits per heavy atom. The topological polar surface area (TPSA) is 70.6 Å². The molecule has 5 nitrogen and oxygen atoms in total. The highest BCUT2D eigenvalue weighted by Gasteiger charge is 2.05. The lowest BCUT2D eigenvalue weighted by atomic mass is 10.1. The normalized spacial score (nSPS) is 11.6. The number of sulfone groups is 1. The lowest BCUT2D eigenvalue weighted by Gasteiger charge is -2.12. The Morgan fingerprint density at radius 2 is 1.68 bits per heavy atom. The molecule has 0 aromatic heterocycles. The van der Waals surface area contributed by atoms with Gasteiger partial charge in [-0.3, -0.25) is 0 Å². The number of nitrogens with one attached hydrogen (secondary N) is 2. The number of benzene rings is 2. The van der Waals surface area contributed by atoms with Gasteiger partial charge in [-0.15, -0.1) is 24.0 Å². The average Bonchev–Trinajstić information content (AvgIpc) is 2.61. The zero-order valence-electron chi connectivity index (χ0n) is 16.1. The molecule has 0 heterocycles. The highest BCUT2D eigenvalue weighted by Crippen LogP contribution is 2.14. The largest absolute Gasteiger partial charge is 0.357 e. The molecule has 0 aliphatic heterocycles. The lowest BCUT2D eigenvalue weighted by Crippen LogP contribution is -2.38. The number of hydrogen-bond acceptors (Lipinski definition) is 3. The second-order valence-electron chi connectivity index (χ2n) is 6.35. The van der Waals surface area contributed by atoms with E-state index in [9.17, 15) is 8.42 Å². The van der Waals surface area contributed by atoms with Gasteiger partial charge in [0.25, 0.3) is 0 Å². The second-order valence-corrected chi connectivity index (χ2v) is 8.90. The molecule has 154 valence electrons. The summed E-state index contributed by atoms with van der Waals surface area (Å²) in [4.78, 5) is 4.58. The summed E-state index contributed by atoms with van der Waals surface area (Å²) >= 11 is 6.18. The van der Waals surface area contributed by atoms with Gasteiger partial charge in [-0.2, -0.15) is 0 Å². The first-order valence-corrected chi connectivity index (χ1v) is 11.3. The smallest absolute Gasteiger partial charge is 0.191 e. The van der Waals surface area contributed by atoms with E-state index < -0.39 is 9.84 Å². The number of rotatable bonds is 8. The quantitative estimate of drug-likeness (QED) is 0.306. The van der Waals surface area contributed by atoms with Gasteiger partial charge in [0.05, 0.1) is 12.3 Å². The maximum Gasteiger partial charge on any atom is 0.191 e. The van der Waals surface area contributed by atoms with E-state index in [1.165, 1.54) is 6.26 Å². The van der Waals surface area contributed by atoms with Crippen LogP contribution in [0.25, 0.3) is 0 Å². The van der Waals surface area contributed by atoms with Crippen molar-refractivity contribution >= 4 is 51.4 Å². The molecule has 0 fully saturated rings. The van der Waals surface area contributed by atoms with Crippen LogP contribution in [0.4, 0.5) is 0 Å². The summed E-state index contributed by atoms with van der Waals surface area (Å²) in [6.07, 6.45) is 2.05. The standard InChI is InChI=1S/C20H26ClN3O2S.HI/c1-3-22-20(23-13-12-18-6-4-5-7-19(18)21)24-14-16-8-10-17(11-9-16)15-27(2,25)26;/h4-11H,3,12-15H2,1-2H3,(H2,22,23,24);1H. The SMILES string of the molecule is CCNC(=NCc1ccc(CS(C)(=O)=O)cc1)NCCc1ccccc1Cl.I. The molecule has 0 atom stereocenters. The van der Waals surface area contributed by atoms with Crippen molar-refractivity contribution < 1.29 is 8.42 Å². The molecule has 0 saturated heterocycles. The Labute approximate surface area is 189 Å². The van der Waals surface area contributed by atoms with E-state index in [4.69, 9.17) is 11.6 Å². The number of nitrogens with zero attached hydrogens (tertiary/aromatic N) is 1. The first kappa shape index (κ1) is 24.7. The summed E-state index contributed by atoms with van der Waals surface area (Å²) in [6.45, 7) is 4.03. The molecular weight excluding hydrogens is 509 g/mol. The maximum atomic E-state index is 11.3. The third-order valence-corrected chi connectivity index (χ3v) is 5.09. The Kier molecular flexibility index (Phi) is 10.8. The van der Waals surface area contributed by atoms with Crippen molar-refractivity contribution in [2.75, 3.05) is 19.3 Å². The van der Waals surface area contributed by atoms with Gasteiger partial charge in [0.15, 0.2) is 15.8 Å². The van der Waals surface area contributed by atoms with Crippen molar-refractivity contribution in [3.8, 4) is 0 Å². The fourth-order valence-corrected chi connectivity index (χ4v) is 3.60. The van der Waals surface area contributed by atoms with Gasteiger partial charge in [0, 0.05) is 24.4 Å². The third-order valence-electron chi connectivity index (χ3n) is 3.86. The van der Waals surface area contributed by atoms with Gasteiger partial charge in [-0.1, -0.05) is 54.1 Å². The summed E-state index contributed by atoms with van der Waals surface area (Å²) in [5.74, 6) is 0.799. The predicted octanol–water partition coefficient (Wildman–Crippen LogP) is 3.80. The fraction of sp³-hybridized carbons (Fsp3) is 0.350. The molecule has 0 aliphatic carbocycles. The molecule has 0 amide bonds. The molecule has 0 unspecified atom stereocenters. The second kappa shape index (κ2) is 12.3. The van der Waals surface area contributed by atoms with Gasteiger partial charge in [0.2, 0.25) is 0 Å². The minimum atomic E-state index is -3.02. The number of halogens is 2. The van der Waals surface area contributed by atoms with Crippen LogP contribution in [0.15, 0.2) is 53.5 Å². The fourth-order valence-electron chi connectivity index (χ4n) is 2.57. The number of guanidine groups is 1. The van der Waals surface area contributed by atoms with Crippen molar-refractivity contribution in [1.82, 2.24) is 10.6 Å².